The van der Waals surface area contributed by atoms with E-state index in [1.165, 1.54) is 68.2 Å². The molecule has 2 rings (SSSR count). The van der Waals surface area contributed by atoms with Crippen molar-refractivity contribution < 1.29 is 9.90 Å². The van der Waals surface area contributed by atoms with Crippen molar-refractivity contribution >= 4 is 11.6 Å². The molecule has 0 fully saturated rings. The molecular formula is C26H44N2O2. The van der Waals surface area contributed by atoms with Gasteiger partial charge in [0.2, 0.25) is 5.91 Å². The van der Waals surface area contributed by atoms with Gasteiger partial charge in [-0.05, 0) is 48.8 Å². The van der Waals surface area contributed by atoms with E-state index in [4.69, 9.17) is 0 Å². The van der Waals surface area contributed by atoms with Gasteiger partial charge < -0.3 is 15.3 Å². The van der Waals surface area contributed by atoms with Crippen LogP contribution in [0.2, 0.25) is 0 Å². The minimum Gasteiger partial charge on any atom is -0.394 e. The molecule has 0 unspecified atom stereocenters. The van der Waals surface area contributed by atoms with Crippen LogP contribution in [0.1, 0.15) is 89.7 Å². The van der Waals surface area contributed by atoms with Gasteiger partial charge in [0.15, 0.2) is 0 Å². The van der Waals surface area contributed by atoms with Gasteiger partial charge in [-0.2, -0.15) is 0 Å². The lowest BCUT2D eigenvalue weighted by Crippen LogP contribution is -2.51. The topological polar surface area (TPSA) is 52.6 Å². The van der Waals surface area contributed by atoms with Gasteiger partial charge in [0.25, 0.3) is 0 Å². The lowest BCUT2D eigenvalue weighted by Gasteiger charge is -2.33. The first-order valence-corrected chi connectivity index (χ1v) is 12.2. The summed E-state index contributed by atoms with van der Waals surface area (Å²) in [5, 5.41) is 12.7. The van der Waals surface area contributed by atoms with Crippen LogP contribution in [0.3, 0.4) is 0 Å². The van der Waals surface area contributed by atoms with Crippen molar-refractivity contribution in [2.45, 2.75) is 103 Å². The SMILES string of the molecule is CCCCCCCCCCc1ccc2c(c1)N(C)[C@@H](C(C)C)C(=O)N[C@@H](CO)CC2. The van der Waals surface area contributed by atoms with Crippen LogP contribution in [0.25, 0.3) is 0 Å². The Bertz CT molecular complexity index is 644. The van der Waals surface area contributed by atoms with E-state index in [2.05, 4.69) is 49.2 Å². The molecule has 1 aliphatic heterocycles. The average Bonchev–Trinajstić information content (AvgIpc) is 2.77. The third-order valence-electron chi connectivity index (χ3n) is 6.49. The molecule has 170 valence electrons. The smallest absolute Gasteiger partial charge is 0.243 e. The van der Waals surface area contributed by atoms with E-state index >= 15 is 0 Å². The van der Waals surface area contributed by atoms with Gasteiger partial charge in [-0.3, -0.25) is 4.79 Å². The van der Waals surface area contributed by atoms with Crippen molar-refractivity contribution in [1.29, 1.82) is 0 Å². The number of carbonyl (C=O) groups excluding carboxylic acids is 1. The van der Waals surface area contributed by atoms with E-state index in [1.807, 2.05) is 7.05 Å². The Morgan fingerprint density at radius 3 is 2.40 bits per heavy atom. The van der Waals surface area contributed by atoms with Crippen LogP contribution in [0, 0.1) is 5.92 Å². The molecule has 4 heteroatoms. The van der Waals surface area contributed by atoms with Gasteiger partial charge in [0, 0.05) is 12.7 Å². The van der Waals surface area contributed by atoms with Crippen LogP contribution < -0.4 is 10.2 Å². The first kappa shape index (κ1) is 24.7. The summed E-state index contributed by atoms with van der Waals surface area (Å²) >= 11 is 0. The van der Waals surface area contributed by atoms with Gasteiger partial charge in [-0.15, -0.1) is 0 Å². The van der Waals surface area contributed by atoms with Crippen LogP contribution in [0.4, 0.5) is 5.69 Å². The summed E-state index contributed by atoms with van der Waals surface area (Å²) < 4.78 is 0. The maximum absolute atomic E-state index is 12.9. The van der Waals surface area contributed by atoms with Gasteiger partial charge in [0.05, 0.1) is 12.6 Å². The number of aryl methyl sites for hydroxylation is 2. The van der Waals surface area contributed by atoms with Crippen LogP contribution >= 0.6 is 0 Å². The molecule has 0 saturated carbocycles. The fraction of sp³-hybridized carbons (Fsp3) is 0.731. The lowest BCUT2D eigenvalue weighted by molar-refractivity contribution is -0.124. The summed E-state index contributed by atoms with van der Waals surface area (Å²) in [5.41, 5.74) is 3.82. The molecule has 2 atom stereocenters. The Balaban J connectivity index is 2.04. The number of hydrogen-bond acceptors (Lipinski definition) is 3. The quantitative estimate of drug-likeness (QED) is 0.484. The minimum absolute atomic E-state index is 0.00781. The molecule has 0 saturated heterocycles. The summed E-state index contributed by atoms with van der Waals surface area (Å²) in [6.45, 7) is 6.45. The van der Waals surface area contributed by atoms with Gasteiger partial charge in [-0.25, -0.2) is 0 Å². The Morgan fingerprint density at radius 2 is 1.77 bits per heavy atom. The summed E-state index contributed by atoms with van der Waals surface area (Å²) in [5.74, 6) is 0.213. The third kappa shape index (κ3) is 7.30. The van der Waals surface area contributed by atoms with E-state index in [-0.39, 0.29) is 30.5 Å². The average molecular weight is 417 g/mol. The number of benzene rings is 1. The van der Waals surface area contributed by atoms with Gasteiger partial charge >= 0.3 is 0 Å². The fourth-order valence-corrected chi connectivity index (χ4v) is 4.67. The number of likely N-dealkylation sites (N-methyl/N-ethyl adjacent to an activating group) is 1. The van der Waals surface area contributed by atoms with Crippen molar-refractivity contribution in [2.75, 3.05) is 18.6 Å². The Kier molecular flexibility index (Phi) is 10.7. The van der Waals surface area contributed by atoms with Crippen LogP contribution in [0.5, 0.6) is 0 Å². The molecule has 0 radical (unpaired) electrons. The van der Waals surface area contributed by atoms with E-state index in [0.717, 1.165) is 19.3 Å². The number of amides is 1. The maximum atomic E-state index is 12.9. The zero-order valence-electron chi connectivity index (χ0n) is 19.8. The second kappa shape index (κ2) is 13.0. The Hall–Kier alpha value is -1.55. The van der Waals surface area contributed by atoms with E-state index in [9.17, 15) is 9.90 Å². The predicted octanol–water partition coefficient (Wildman–Crippen LogP) is 5.25. The van der Waals surface area contributed by atoms with Gasteiger partial charge in [0.1, 0.15) is 6.04 Å². The highest BCUT2D eigenvalue weighted by Crippen LogP contribution is 2.29. The molecule has 30 heavy (non-hydrogen) atoms. The fourth-order valence-electron chi connectivity index (χ4n) is 4.67. The molecule has 0 bridgehead atoms. The molecular weight excluding hydrogens is 372 g/mol. The molecule has 0 spiro atoms. The molecule has 4 nitrogen and oxygen atoms in total. The molecule has 1 amide bonds. The number of nitrogens with one attached hydrogen (secondary N) is 1. The van der Waals surface area contributed by atoms with Crippen LogP contribution in [-0.2, 0) is 17.6 Å². The normalized spacial score (nSPS) is 19.8. The second-order valence-corrected chi connectivity index (χ2v) is 9.41. The standard InChI is InChI=1S/C26H44N2O2/c1-5-6-7-8-9-10-11-12-13-21-14-15-22-16-17-23(19-29)27-26(30)25(20(2)3)28(4)24(22)18-21/h14-15,18,20,23,25,29H,5-13,16-17,19H2,1-4H3,(H,27,30)/t23-,25+/m1/s1. The van der Waals surface area contributed by atoms with Crippen molar-refractivity contribution in [3.63, 3.8) is 0 Å². The van der Waals surface area contributed by atoms with E-state index in [0.29, 0.717) is 0 Å². The highest BCUT2D eigenvalue weighted by molar-refractivity contribution is 5.86. The molecule has 1 aromatic rings. The molecule has 2 N–H and O–H groups in total. The maximum Gasteiger partial charge on any atom is 0.243 e. The highest BCUT2D eigenvalue weighted by atomic mass is 16.3. The zero-order valence-corrected chi connectivity index (χ0v) is 19.8. The third-order valence-corrected chi connectivity index (χ3v) is 6.49. The van der Waals surface area contributed by atoms with E-state index < -0.39 is 0 Å². The summed E-state index contributed by atoms with van der Waals surface area (Å²) in [4.78, 5) is 15.1. The minimum atomic E-state index is -0.228. The molecule has 1 heterocycles. The van der Waals surface area contributed by atoms with E-state index in [1.54, 1.807) is 0 Å². The van der Waals surface area contributed by atoms with Gasteiger partial charge in [-0.1, -0.05) is 77.8 Å². The first-order valence-electron chi connectivity index (χ1n) is 12.2. The van der Waals surface area contributed by atoms with Crippen LogP contribution in [0.15, 0.2) is 18.2 Å². The number of carbonyl (C=O) groups is 1. The zero-order chi connectivity index (χ0) is 21.9. The number of aliphatic hydroxyl groups excluding tert-OH is 1. The Morgan fingerprint density at radius 1 is 1.10 bits per heavy atom. The number of unbranched alkanes of at least 4 members (excludes halogenated alkanes) is 7. The van der Waals surface area contributed by atoms with Crippen molar-refractivity contribution in [1.82, 2.24) is 5.32 Å². The molecule has 0 aromatic heterocycles. The van der Waals surface area contributed by atoms with Crippen molar-refractivity contribution in [2.24, 2.45) is 5.92 Å². The number of nitrogens with zero attached hydrogens (tertiary/aromatic N) is 1. The number of anilines is 1. The Labute approximate surface area is 184 Å². The first-order chi connectivity index (χ1) is 14.5. The summed E-state index contributed by atoms with van der Waals surface area (Å²) in [6.07, 6.45) is 13.4. The molecule has 1 aromatic carbocycles. The predicted molar refractivity (Wildman–Crippen MR) is 127 cm³/mol. The summed E-state index contributed by atoms with van der Waals surface area (Å²) in [7, 11) is 2.04. The molecule has 1 aliphatic rings. The number of fused-ring (bicyclic) bond motifs is 1. The number of rotatable bonds is 11. The number of hydrogen-bond donors (Lipinski definition) is 2. The monoisotopic (exact) mass is 416 g/mol. The highest BCUT2D eigenvalue weighted by Gasteiger charge is 2.31. The summed E-state index contributed by atoms with van der Waals surface area (Å²) in [6, 6.07) is 6.41. The van der Waals surface area contributed by atoms with Crippen molar-refractivity contribution in [3.8, 4) is 0 Å². The second-order valence-electron chi connectivity index (χ2n) is 9.41. The largest absolute Gasteiger partial charge is 0.394 e. The number of aliphatic hydroxyl groups is 1. The molecule has 0 aliphatic carbocycles. The van der Waals surface area contributed by atoms with Crippen molar-refractivity contribution in [3.05, 3.63) is 29.3 Å². The lowest BCUT2D eigenvalue weighted by atomic mass is 9.97. The van der Waals surface area contributed by atoms with Crippen LogP contribution in [-0.4, -0.2) is 36.8 Å².